The number of phosphoric acid groups is 1. The quantitative estimate of drug-likeness (QED) is 0.0211. The van der Waals surface area contributed by atoms with E-state index in [1.807, 2.05) is 21.1 Å². The topological polar surface area (TPSA) is 108 Å². The van der Waals surface area contributed by atoms with Crippen molar-refractivity contribution in [2.24, 2.45) is 0 Å². The van der Waals surface area contributed by atoms with E-state index in [4.69, 9.17) is 18.5 Å². The van der Waals surface area contributed by atoms with Crippen molar-refractivity contribution in [1.29, 1.82) is 0 Å². The van der Waals surface area contributed by atoms with Gasteiger partial charge in [0.25, 0.3) is 0 Å². The molecule has 2 atom stereocenters. The first kappa shape index (κ1) is 92.1. The Morgan fingerprint density at radius 2 is 0.551 bits per heavy atom. The molecule has 0 aromatic carbocycles. The largest absolute Gasteiger partial charge is 0.472 e. The maximum atomic E-state index is 12.9. The van der Waals surface area contributed by atoms with Gasteiger partial charge in [-0.2, -0.15) is 0 Å². The highest BCUT2D eigenvalue weighted by molar-refractivity contribution is 7.47. The van der Waals surface area contributed by atoms with Gasteiger partial charge in [0.15, 0.2) is 6.10 Å². The predicted molar refractivity (Wildman–Crippen MR) is 426 cm³/mol. The van der Waals surface area contributed by atoms with E-state index in [-0.39, 0.29) is 32.0 Å². The van der Waals surface area contributed by atoms with Gasteiger partial charge in [-0.05, 0) is 161 Å². The standard InChI is InChI=1S/C88H138NO8P/c1-6-8-10-12-14-16-18-20-22-24-26-28-30-32-34-36-38-40-41-42-43-44-45-46-47-49-50-52-54-56-58-60-62-64-66-68-70-72-74-76-78-80-87(90)94-84-86(85-96-98(92,93)95-83-82-89(3,4)5)97-88(91)81-79-77-75-73-71-69-67-65-63-61-59-57-55-53-51-48-39-37-35-33-31-29-27-25-23-21-19-17-15-13-11-9-7-2/h8-11,14-17,20-23,26-29,32-35,38-40,42-43,45-46,48-50,53,55,59,61,65,67,71,73,86H,6-7,12-13,18-19,24-25,30-31,36-37,41,44,47,51-52,54,56-58,60,62-64,66,68-70,72,74-85H2,1-5H3/p+1/b10-8-,11-9-,16-14-,17-15-,22-20-,23-21-,28-26-,29-27-,34-32-,35-33-,40-38-,43-42-,46-45-,48-39-,50-49-,55-53-,61-59-,67-65-,73-71-. The Morgan fingerprint density at radius 3 is 0.837 bits per heavy atom. The minimum absolute atomic E-state index is 0.0109. The average Bonchev–Trinajstić information content (AvgIpc) is 1.08. The van der Waals surface area contributed by atoms with Crippen molar-refractivity contribution in [3.05, 3.63) is 231 Å². The molecule has 0 amide bonds. The third-order valence-corrected chi connectivity index (χ3v) is 16.2. The first-order valence-corrected chi connectivity index (χ1v) is 39.6. The normalized spacial score (nSPS) is 14.4. The van der Waals surface area contributed by atoms with Crippen LogP contribution in [0.1, 0.15) is 258 Å². The number of quaternary nitrogens is 1. The summed E-state index contributed by atoms with van der Waals surface area (Å²) >= 11 is 0. The van der Waals surface area contributed by atoms with Gasteiger partial charge in [0.05, 0.1) is 27.7 Å². The van der Waals surface area contributed by atoms with Crippen molar-refractivity contribution in [1.82, 2.24) is 0 Å². The molecule has 0 aromatic heterocycles. The Kier molecular flexibility index (Phi) is 70.7. The van der Waals surface area contributed by atoms with E-state index >= 15 is 0 Å². The molecule has 0 aromatic rings. The molecule has 9 nitrogen and oxygen atoms in total. The summed E-state index contributed by atoms with van der Waals surface area (Å²) in [6, 6.07) is 0. The Morgan fingerprint density at radius 1 is 0.316 bits per heavy atom. The molecule has 0 bridgehead atoms. The van der Waals surface area contributed by atoms with Gasteiger partial charge in [-0.15, -0.1) is 0 Å². The highest BCUT2D eigenvalue weighted by Crippen LogP contribution is 2.43. The lowest BCUT2D eigenvalue weighted by Gasteiger charge is -2.24. The molecule has 548 valence electrons. The molecule has 0 aliphatic rings. The Hall–Kier alpha value is -5.93. The van der Waals surface area contributed by atoms with Crippen molar-refractivity contribution in [3.8, 4) is 0 Å². The fraction of sp³-hybridized carbons (Fsp3) is 0.545. The van der Waals surface area contributed by atoms with E-state index in [0.29, 0.717) is 17.4 Å². The minimum Gasteiger partial charge on any atom is -0.462 e. The zero-order valence-electron chi connectivity index (χ0n) is 62.4. The number of carbonyl (C=O) groups excluding carboxylic acids is 2. The van der Waals surface area contributed by atoms with Gasteiger partial charge in [-0.25, -0.2) is 4.57 Å². The fourth-order valence-electron chi connectivity index (χ4n) is 9.45. The van der Waals surface area contributed by atoms with Crippen LogP contribution in [0.3, 0.4) is 0 Å². The zero-order chi connectivity index (χ0) is 71.1. The van der Waals surface area contributed by atoms with E-state index in [1.165, 1.54) is 64.2 Å². The van der Waals surface area contributed by atoms with Gasteiger partial charge in [-0.3, -0.25) is 18.6 Å². The van der Waals surface area contributed by atoms with Gasteiger partial charge in [-0.1, -0.05) is 315 Å². The lowest BCUT2D eigenvalue weighted by atomic mass is 10.0. The summed E-state index contributed by atoms with van der Waals surface area (Å²) in [5.74, 6) is -0.865. The van der Waals surface area contributed by atoms with Crippen molar-refractivity contribution in [2.75, 3.05) is 47.5 Å². The zero-order valence-corrected chi connectivity index (χ0v) is 63.3. The molecule has 0 aliphatic heterocycles. The molecule has 0 spiro atoms. The van der Waals surface area contributed by atoms with E-state index < -0.39 is 26.5 Å². The third kappa shape index (κ3) is 79.1. The number of esters is 2. The van der Waals surface area contributed by atoms with E-state index in [9.17, 15) is 19.0 Å². The maximum absolute atomic E-state index is 12.9. The third-order valence-electron chi connectivity index (χ3n) is 15.2. The van der Waals surface area contributed by atoms with Crippen molar-refractivity contribution >= 4 is 19.8 Å². The number of rotatable bonds is 67. The number of allylic oxidation sites excluding steroid dienone is 38. The van der Waals surface area contributed by atoms with Crippen molar-refractivity contribution < 1.29 is 42.1 Å². The molecule has 0 saturated heterocycles. The second-order valence-corrected chi connectivity index (χ2v) is 27.0. The number of nitrogens with zero attached hydrogens (tertiary/aromatic N) is 1. The van der Waals surface area contributed by atoms with Crippen LogP contribution in [-0.2, 0) is 32.7 Å². The number of carbonyl (C=O) groups is 2. The molecule has 2 unspecified atom stereocenters. The SMILES string of the molecule is CC/C=C\C/C=C\C/C=C\C/C=C\C/C=C\C/C=C\C/C=C\C/C=C\C/C=C\C/C=C\CCCCC(=O)OC(COC(=O)CCCCCCCCCCCCCCC/C=C\C/C=C\C/C=C\C/C=C\C/C=C\C/C=C\C/C=C\C/C=C\C/C=C\CC)COP(=O)(O)OCC[N+](C)(C)C. The predicted octanol–water partition coefficient (Wildman–Crippen LogP) is 25.7. The first-order valence-electron chi connectivity index (χ1n) is 38.1. The van der Waals surface area contributed by atoms with Crippen LogP contribution in [-0.4, -0.2) is 74.9 Å². The van der Waals surface area contributed by atoms with E-state index in [0.717, 1.165) is 161 Å². The summed E-state index contributed by atoms with van der Waals surface area (Å²) in [4.78, 5) is 35.9. The van der Waals surface area contributed by atoms with Crippen LogP contribution in [0, 0.1) is 0 Å². The fourth-order valence-corrected chi connectivity index (χ4v) is 10.2. The first-order chi connectivity index (χ1) is 48.0. The lowest BCUT2D eigenvalue weighted by Crippen LogP contribution is -2.37. The van der Waals surface area contributed by atoms with Crippen LogP contribution in [0.2, 0.25) is 0 Å². The van der Waals surface area contributed by atoms with Crippen LogP contribution in [0.5, 0.6) is 0 Å². The molecule has 98 heavy (non-hydrogen) atoms. The summed E-state index contributed by atoms with van der Waals surface area (Å²) < 4.78 is 34.7. The lowest BCUT2D eigenvalue weighted by molar-refractivity contribution is -0.870. The van der Waals surface area contributed by atoms with Gasteiger partial charge < -0.3 is 18.9 Å². The Bertz CT molecular complexity index is 2510. The summed E-state index contributed by atoms with van der Waals surface area (Å²) in [6.45, 7) is 4.13. The second kappa shape index (κ2) is 75.3. The molecular formula is C88H139NO8P+. The molecule has 0 fully saturated rings. The van der Waals surface area contributed by atoms with Crippen LogP contribution in [0.15, 0.2) is 231 Å². The number of likely N-dealkylation sites (N-methyl/N-ethyl adjacent to an activating group) is 1. The summed E-state index contributed by atoms with van der Waals surface area (Å²) in [6.07, 6.45) is 122. The van der Waals surface area contributed by atoms with Gasteiger partial charge in [0.2, 0.25) is 0 Å². The number of hydrogen-bond donors (Lipinski definition) is 1. The monoisotopic (exact) mass is 1370 g/mol. The maximum Gasteiger partial charge on any atom is 0.472 e. The highest BCUT2D eigenvalue weighted by atomic mass is 31.2. The average molecular weight is 1370 g/mol. The smallest absolute Gasteiger partial charge is 0.462 e. The molecule has 0 rings (SSSR count). The summed E-state index contributed by atoms with van der Waals surface area (Å²) in [5.41, 5.74) is 0. The molecule has 10 heteroatoms. The molecule has 1 N–H and O–H groups in total. The Balaban J connectivity index is 4.16. The van der Waals surface area contributed by atoms with Crippen molar-refractivity contribution in [2.45, 2.75) is 264 Å². The van der Waals surface area contributed by atoms with Gasteiger partial charge in [0.1, 0.15) is 19.8 Å². The van der Waals surface area contributed by atoms with Crippen LogP contribution in [0.4, 0.5) is 0 Å². The second-order valence-electron chi connectivity index (χ2n) is 25.6. The summed E-state index contributed by atoms with van der Waals surface area (Å²) in [7, 11) is 1.42. The van der Waals surface area contributed by atoms with E-state index in [1.54, 1.807) is 0 Å². The number of hydrogen-bond acceptors (Lipinski definition) is 7. The van der Waals surface area contributed by atoms with Crippen LogP contribution >= 0.6 is 7.82 Å². The van der Waals surface area contributed by atoms with Gasteiger partial charge >= 0.3 is 19.8 Å². The van der Waals surface area contributed by atoms with Gasteiger partial charge in [0, 0.05) is 12.8 Å². The molecule has 0 aliphatic carbocycles. The highest BCUT2D eigenvalue weighted by Gasteiger charge is 2.27. The molecule has 0 saturated carbocycles. The van der Waals surface area contributed by atoms with Crippen LogP contribution in [0.25, 0.3) is 0 Å². The number of phosphoric ester groups is 1. The Labute approximate surface area is 600 Å². The van der Waals surface area contributed by atoms with Crippen LogP contribution < -0.4 is 0 Å². The number of unbranched alkanes of at least 4 members (excludes halogenated alkanes) is 15. The van der Waals surface area contributed by atoms with E-state index in [2.05, 4.69) is 245 Å². The van der Waals surface area contributed by atoms with Crippen molar-refractivity contribution in [3.63, 3.8) is 0 Å². The molecule has 0 radical (unpaired) electrons. The molecular weight excluding hydrogens is 1230 g/mol. The summed E-state index contributed by atoms with van der Waals surface area (Å²) in [5, 5.41) is 0. The minimum atomic E-state index is -4.42. The number of ether oxygens (including phenoxy) is 2. The molecule has 0 heterocycles.